The highest BCUT2D eigenvalue weighted by atomic mass is 79.9. The number of amides is 1. The largest absolute Gasteiger partial charge is 0.467 e. The maximum atomic E-state index is 12.6. The molecular weight excluding hydrogens is 426 g/mol. The number of aromatic nitrogens is 2. The molecule has 0 radical (unpaired) electrons. The number of thiazole rings is 1. The summed E-state index contributed by atoms with van der Waals surface area (Å²) in [6.07, 6.45) is 5.00. The average molecular weight is 446 g/mol. The van der Waals surface area contributed by atoms with Crippen molar-refractivity contribution in [1.29, 1.82) is 0 Å². The lowest BCUT2D eigenvalue weighted by molar-refractivity contribution is 0.0595. The smallest absolute Gasteiger partial charge is 0.274 e. The number of benzene rings is 1. The molecular formula is C20H20BrN3O2S. The van der Waals surface area contributed by atoms with Crippen LogP contribution in [0.5, 0.6) is 5.19 Å². The average Bonchev–Trinajstić information content (AvgIpc) is 3.10. The number of fused-ring (bicyclic) bond motifs is 1. The lowest BCUT2D eigenvalue weighted by atomic mass is 10.1. The number of pyridine rings is 1. The van der Waals surface area contributed by atoms with Crippen LogP contribution in [0.25, 0.3) is 10.2 Å². The second kappa shape index (κ2) is 7.56. The second-order valence-corrected chi connectivity index (χ2v) is 8.74. The van der Waals surface area contributed by atoms with Crippen LogP contribution in [0, 0.1) is 13.8 Å². The summed E-state index contributed by atoms with van der Waals surface area (Å²) in [5.41, 5.74) is 4.04. The number of ether oxygens (including phenoxy) is 1. The number of hydrogen-bond acceptors (Lipinski definition) is 5. The molecule has 5 nitrogen and oxygen atoms in total. The summed E-state index contributed by atoms with van der Waals surface area (Å²) in [6.45, 7) is 5.54. The molecule has 1 fully saturated rings. The number of piperidine rings is 1. The molecule has 0 spiro atoms. The van der Waals surface area contributed by atoms with Gasteiger partial charge in [-0.05, 0) is 47.0 Å². The summed E-state index contributed by atoms with van der Waals surface area (Å²) in [7, 11) is 0. The lowest BCUT2D eigenvalue weighted by Gasteiger charge is -2.31. The Morgan fingerprint density at radius 2 is 1.96 bits per heavy atom. The summed E-state index contributed by atoms with van der Waals surface area (Å²) in [5, 5.41) is 0.725. The monoisotopic (exact) mass is 445 g/mol. The van der Waals surface area contributed by atoms with E-state index in [1.54, 1.807) is 23.7 Å². The third-order valence-corrected chi connectivity index (χ3v) is 6.39. The molecule has 2 aromatic heterocycles. The van der Waals surface area contributed by atoms with Gasteiger partial charge in [-0.25, -0.2) is 4.98 Å². The SMILES string of the molecule is Cc1ccc(C)c2sc(OC3CCN(C(=O)c4cncc(Br)c4)CC3)nc12. The van der Waals surface area contributed by atoms with Crippen LogP contribution < -0.4 is 4.74 Å². The van der Waals surface area contributed by atoms with E-state index in [9.17, 15) is 4.79 Å². The van der Waals surface area contributed by atoms with Crippen molar-refractivity contribution < 1.29 is 9.53 Å². The summed E-state index contributed by atoms with van der Waals surface area (Å²) in [5.74, 6) is 0.0217. The molecule has 0 saturated carbocycles. The van der Waals surface area contributed by atoms with Crippen LogP contribution in [-0.2, 0) is 0 Å². The summed E-state index contributed by atoms with van der Waals surface area (Å²) < 4.78 is 8.16. The number of nitrogens with zero attached hydrogens (tertiary/aromatic N) is 3. The van der Waals surface area contributed by atoms with E-state index < -0.39 is 0 Å². The van der Waals surface area contributed by atoms with Crippen molar-refractivity contribution in [3.8, 4) is 5.19 Å². The number of hydrogen-bond donors (Lipinski definition) is 0. The van der Waals surface area contributed by atoms with Gasteiger partial charge in [-0.3, -0.25) is 9.78 Å². The highest BCUT2D eigenvalue weighted by molar-refractivity contribution is 9.10. The van der Waals surface area contributed by atoms with E-state index in [2.05, 4.69) is 51.9 Å². The molecule has 1 aliphatic rings. The van der Waals surface area contributed by atoms with Crippen LogP contribution in [0.4, 0.5) is 0 Å². The normalized spacial score (nSPS) is 15.3. The maximum Gasteiger partial charge on any atom is 0.274 e. The first-order chi connectivity index (χ1) is 13.0. The van der Waals surface area contributed by atoms with Crippen molar-refractivity contribution in [2.45, 2.75) is 32.8 Å². The number of aryl methyl sites for hydroxylation is 2. The molecule has 1 aliphatic heterocycles. The fourth-order valence-electron chi connectivity index (χ4n) is 3.32. The van der Waals surface area contributed by atoms with E-state index in [0.29, 0.717) is 18.7 Å². The van der Waals surface area contributed by atoms with Gasteiger partial charge in [0.1, 0.15) is 6.10 Å². The van der Waals surface area contributed by atoms with Gasteiger partial charge in [-0.2, -0.15) is 0 Å². The third kappa shape index (κ3) is 3.84. The molecule has 1 aromatic carbocycles. The minimum absolute atomic E-state index is 0.0217. The number of rotatable bonds is 3. The Bertz CT molecular complexity index is 957. The minimum Gasteiger partial charge on any atom is -0.467 e. The van der Waals surface area contributed by atoms with E-state index in [4.69, 9.17) is 4.74 Å². The van der Waals surface area contributed by atoms with Crippen molar-refractivity contribution in [2.75, 3.05) is 13.1 Å². The van der Waals surface area contributed by atoms with Gasteiger partial charge in [0.25, 0.3) is 11.1 Å². The van der Waals surface area contributed by atoms with Crippen molar-refractivity contribution in [1.82, 2.24) is 14.9 Å². The molecule has 1 amide bonds. The molecule has 0 bridgehead atoms. The Labute approximate surface area is 170 Å². The van der Waals surface area contributed by atoms with Crippen molar-refractivity contribution >= 4 is 43.4 Å². The fourth-order valence-corrected chi connectivity index (χ4v) is 4.71. The van der Waals surface area contributed by atoms with Gasteiger partial charge >= 0.3 is 0 Å². The van der Waals surface area contributed by atoms with Gasteiger partial charge in [0.05, 0.1) is 15.8 Å². The van der Waals surface area contributed by atoms with Crippen LogP contribution in [-0.4, -0.2) is 40.0 Å². The van der Waals surface area contributed by atoms with Gasteiger partial charge in [0.2, 0.25) is 0 Å². The number of carbonyl (C=O) groups excluding carboxylic acids is 1. The van der Waals surface area contributed by atoms with Crippen molar-refractivity contribution in [3.63, 3.8) is 0 Å². The Morgan fingerprint density at radius 1 is 1.22 bits per heavy atom. The van der Waals surface area contributed by atoms with Gasteiger partial charge in [0.15, 0.2) is 0 Å². The zero-order valence-electron chi connectivity index (χ0n) is 15.2. The molecule has 0 aliphatic carbocycles. The molecule has 3 aromatic rings. The van der Waals surface area contributed by atoms with Gasteiger partial charge in [0, 0.05) is 42.8 Å². The zero-order valence-corrected chi connectivity index (χ0v) is 17.6. The molecule has 4 rings (SSSR count). The molecule has 0 N–H and O–H groups in total. The number of likely N-dealkylation sites (tertiary alicyclic amines) is 1. The molecule has 1 saturated heterocycles. The Hall–Kier alpha value is -1.99. The Balaban J connectivity index is 1.40. The van der Waals surface area contributed by atoms with E-state index in [0.717, 1.165) is 28.0 Å². The molecule has 3 heterocycles. The predicted molar refractivity (Wildman–Crippen MR) is 111 cm³/mol. The van der Waals surface area contributed by atoms with Crippen LogP contribution in [0.1, 0.15) is 34.3 Å². The third-order valence-electron chi connectivity index (χ3n) is 4.87. The molecule has 0 unspecified atom stereocenters. The van der Waals surface area contributed by atoms with Crippen LogP contribution >= 0.6 is 27.3 Å². The number of halogens is 1. The summed E-state index contributed by atoms with van der Waals surface area (Å²) in [6, 6.07) is 6.03. The van der Waals surface area contributed by atoms with E-state index in [1.165, 1.54) is 15.8 Å². The topological polar surface area (TPSA) is 55.3 Å². The van der Waals surface area contributed by atoms with Gasteiger partial charge in [-0.15, -0.1) is 0 Å². The molecule has 140 valence electrons. The second-order valence-electron chi connectivity index (χ2n) is 6.86. The van der Waals surface area contributed by atoms with Crippen molar-refractivity contribution in [2.24, 2.45) is 0 Å². The fraction of sp³-hybridized carbons (Fsp3) is 0.350. The van der Waals surface area contributed by atoms with Crippen LogP contribution in [0.3, 0.4) is 0 Å². The lowest BCUT2D eigenvalue weighted by Crippen LogP contribution is -2.41. The highest BCUT2D eigenvalue weighted by Crippen LogP contribution is 2.33. The summed E-state index contributed by atoms with van der Waals surface area (Å²) >= 11 is 4.98. The van der Waals surface area contributed by atoms with Crippen LogP contribution in [0.15, 0.2) is 35.1 Å². The quantitative estimate of drug-likeness (QED) is 0.583. The first-order valence-electron chi connectivity index (χ1n) is 8.94. The zero-order chi connectivity index (χ0) is 19.0. The summed E-state index contributed by atoms with van der Waals surface area (Å²) in [4.78, 5) is 23.3. The highest BCUT2D eigenvalue weighted by Gasteiger charge is 2.26. The minimum atomic E-state index is 0.0217. The Morgan fingerprint density at radius 3 is 2.67 bits per heavy atom. The molecule has 27 heavy (non-hydrogen) atoms. The van der Waals surface area contributed by atoms with E-state index >= 15 is 0 Å². The van der Waals surface area contributed by atoms with E-state index in [-0.39, 0.29) is 12.0 Å². The molecule has 7 heteroatoms. The Kier molecular flexibility index (Phi) is 5.14. The van der Waals surface area contributed by atoms with Gasteiger partial charge in [-0.1, -0.05) is 23.5 Å². The molecule has 0 atom stereocenters. The maximum absolute atomic E-state index is 12.6. The van der Waals surface area contributed by atoms with Crippen LogP contribution in [0.2, 0.25) is 0 Å². The first kappa shape index (κ1) is 18.4. The van der Waals surface area contributed by atoms with E-state index in [1.807, 2.05) is 11.0 Å². The predicted octanol–water partition coefficient (Wildman–Crippen LogP) is 4.75. The standard InChI is InChI=1S/C20H20BrN3O2S/c1-12-3-4-13(2)18-17(12)23-20(27-18)26-16-5-7-24(8-6-16)19(25)14-9-15(21)11-22-10-14/h3-4,9-11,16H,5-8H2,1-2H3. The van der Waals surface area contributed by atoms with Gasteiger partial charge < -0.3 is 9.64 Å². The number of carbonyl (C=O) groups is 1. The van der Waals surface area contributed by atoms with Crippen molar-refractivity contribution in [3.05, 3.63) is 51.8 Å². The first-order valence-corrected chi connectivity index (χ1v) is 10.6.